The Labute approximate surface area is 462 Å². The number of phosphoric ester groups is 1. The van der Waals surface area contributed by atoms with E-state index in [1.165, 1.54) is 83.5 Å². The van der Waals surface area contributed by atoms with Crippen LogP contribution in [0.1, 0.15) is 226 Å². The number of hydrogen-bond acceptors (Lipinski definition) is 5. The molecule has 3 atom stereocenters. The highest BCUT2D eigenvalue weighted by Gasteiger charge is 2.27. The van der Waals surface area contributed by atoms with Crippen LogP contribution in [0.15, 0.2) is 134 Å². The minimum Gasteiger partial charge on any atom is -0.387 e. The summed E-state index contributed by atoms with van der Waals surface area (Å²) in [6, 6.07) is -0.864. The molecule has 0 spiro atoms. The number of unbranched alkanes of at least 4 members (excludes halogenated alkanes) is 20. The standard InChI is InChI=1S/C66H113N2O6P/c1-6-8-10-12-14-16-18-20-22-24-25-26-27-28-29-30-31-32-33-34-35-36-37-38-39-40-41-42-43-44-46-48-50-52-54-56-58-60-66(70)67-64(63-74-75(71,72)73-62-61-68(3,4)5)65(69)59-57-55-53-51-49-47-45-23-21-19-17-15-13-11-9-7-2/h8,10,14,16,20,22,25-26,28-29,31-32,34-35,37-38,40-41,43-44,57,59,64-65,69H,6-7,9,11-13,15,17-19,21,23-24,27,30,33,36,39,42,45-56,58,60-63H2,1-5H3,(H-,67,70,71,72)/p+1/b10-8-,16-14-,22-20-,26-25-,29-28-,32-31-,35-34-,38-37-,41-40-,44-43-,59-57+. The van der Waals surface area contributed by atoms with Crippen LogP contribution in [0.4, 0.5) is 0 Å². The Morgan fingerprint density at radius 3 is 1.17 bits per heavy atom. The first-order valence-electron chi connectivity index (χ1n) is 30.1. The number of likely N-dealkylation sites (N-methyl/N-ethyl adjacent to an activating group) is 1. The number of rotatable bonds is 53. The number of hydrogen-bond donors (Lipinski definition) is 3. The minimum absolute atomic E-state index is 0.0517. The van der Waals surface area contributed by atoms with Gasteiger partial charge in [0.1, 0.15) is 13.2 Å². The van der Waals surface area contributed by atoms with E-state index < -0.39 is 20.0 Å². The number of carbonyl (C=O) groups is 1. The lowest BCUT2D eigenvalue weighted by Gasteiger charge is -2.25. The quantitative estimate of drug-likeness (QED) is 0.0243. The molecule has 0 aromatic heterocycles. The molecule has 1 amide bonds. The highest BCUT2D eigenvalue weighted by molar-refractivity contribution is 7.47. The van der Waals surface area contributed by atoms with E-state index in [4.69, 9.17) is 9.05 Å². The average molecular weight is 1060 g/mol. The lowest BCUT2D eigenvalue weighted by Crippen LogP contribution is -2.45. The molecule has 8 nitrogen and oxygen atoms in total. The molecule has 0 aromatic rings. The molecule has 3 unspecified atom stereocenters. The molecule has 0 radical (unpaired) electrons. The van der Waals surface area contributed by atoms with Gasteiger partial charge in [0.05, 0.1) is 39.9 Å². The van der Waals surface area contributed by atoms with Crippen molar-refractivity contribution in [3.8, 4) is 0 Å². The third-order valence-corrected chi connectivity index (χ3v) is 13.6. The van der Waals surface area contributed by atoms with Crippen LogP contribution in [-0.2, 0) is 18.4 Å². The topological polar surface area (TPSA) is 105 Å². The summed E-state index contributed by atoms with van der Waals surface area (Å²) in [5, 5.41) is 13.9. The highest BCUT2D eigenvalue weighted by atomic mass is 31.2. The summed E-state index contributed by atoms with van der Waals surface area (Å²) >= 11 is 0. The Balaban J connectivity index is 4.22. The van der Waals surface area contributed by atoms with Crippen molar-refractivity contribution in [1.82, 2.24) is 5.32 Å². The van der Waals surface area contributed by atoms with E-state index in [1.807, 2.05) is 27.2 Å². The highest BCUT2D eigenvalue weighted by Crippen LogP contribution is 2.43. The molecule has 3 N–H and O–H groups in total. The van der Waals surface area contributed by atoms with Gasteiger partial charge in [-0.1, -0.05) is 257 Å². The molecule has 0 aliphatic heterocycles. The van der Waals surface area contributed by atoms with Gasteiger partial charge in [-0.15, -0.1) is 0 Å². The van der Waals surface area contributed by atoms with Crippen molar-refractivity contribution in [2.45, 2.75) is 238 Å². The molecule has 0 aliphatic carbocycles. The molecule has 75 heavy (non-hydrogen) atoms. The van der Waals surface area contributed by atoms with Crippen molar-refractivity contribution < 1.29 is 32.9 Å². The Kier molecular flexibility index (Phi) is 52.9. The fraction of sp³-hybridized carbons (Fsp3) is 0.652. The predicted molar refractivity (Wildman–Crippen MR) is 327 cm³/mol. The van der Waals surface area contributed by atoms with E-state index in [0.717, 1.165) is 122 Å². The fourth-order valence-corrected chi connectivity index (χ4v) is 8.69. The molecular weight excluding hydrogens is 948 g/mol. The van der Waals surface area contributed by atoms with E-state index in [2.05, 4.69) is 141 Å². The third kappa shape index (κ3) is 58.2. The zero-order chi connectivity index (χ0) is 54.9. The van der Waals surface area contributed by atoms with Crippen molar-refractivity contribution in [2.24, 2.45) is 0 Å². The number of aliphatic hydroxyl groups is 1. The molecule has 0 bridgehead atoms. The van der Waals surface area contributed by atoms with Crippen molar-refractivity contribution in [1.29, 1.82) is 0 Å². The first-order chi connectivity index (χ1) is 36.5. The number of amides is 1. The van der Waals surface area contributed by atoms with Crippen LogP contribution in [0.2, 0.25) is 0 Å². The second-order valence-corrected chi connectivity index (χ2v) is 22.4. The summed E-state index contributed by atoms with van der Waals surface area (Å²) in [7, 11) is 1.54. The summed E-state index contributed by atoms with van der Waals surface area (Å²) in [4.78, 5) is 23.3. The maximum atomic E-state index is 13.0. The Morgan fingerprint density at radius 2 is 0.800 bits per heavy atom. The van der Waals surface area contributed by atoms with Gasteiger partial charge in [0, 0.05) is 6.42 Å². The van der Waals surface area contributed by atoms with E-state index in [0.29, 0.717) is 17.4 Å². The van der Waals surface area contributed by atoms with Gasteiger partial charge in [-0.3, -0.25) is 13.8 Å². The molecule has 0 aliphatic rings. The van der Waals surface area contributed by atoms with E-state index in [1.54, 1.807) is 6.08 Å². The lowest BCUT2D eigenvalue weighted by atomic mass is 10.0. The number of phosphoric acid groups is 1. The summed E-state index contributed by atoms with van der Waals surface area (Å²) in [5.74, 6) is -0.197. The van der Waals surface area contributed by atoms with Crippen molar-refractivity contribution >= 4 is 13.7 Å². The number of nitrogens with zero attached hydrogens (tertiary/aromatic N) is 1. The van der Waals surface area contributed by atoms with Crippen LogP contribution in [0, 0.1) is 0 Å². The van der Waals surface area contributed by atoms with Gasteiger partial charge in [-0.2, -0.15) is 0 Å². The molecule has 428 valence electrons. The normalized spacial score (nSPS) is 14.8. The van der Waals surface area contributed by atoms with Gasteiger partial charge < -0.3 is 19.8 Å². The van der Waals surface area contributed by atoms with Crippen LogP contribution in [0.25, 0.3) is 0 Å². The zero-order valence-electron chi connectivity index (χ0n) is 48.7. The summed E-state index contributed by atoms with van der Waals surface area (Å²) in [6.07, 6.45) is 84.1. The minimum atomic E-state index is -4.36. The SMILES string of the molecule is CC/C=C\C/C=C\C/C=C\C/C=C\C/C=C\C/C=C\C/C=C\C/C=C\C/C=C\C/C=C\CCCCCCCCC(=O)NC(COP(=O)(O)OCC[N+](C)(C)C)C(O)/C=C/CCCCCCCCCCCCCCCC. The smallest absolute Gasteiger partial charge is 0.387 e. The van der Waals surface area contributed by atoms with Crippen LogP contribution >= 0.6 is 7.82 Å². The molecule has 9 heteroatoms. The average Bonchev–Trinajstić information content (AvgIpc) is 3.37. The largest absolute Gasteiger partial charge is 0.472 e. The molecule has 0 fully saturated rings. The Hall–Kier alpha value is -3.36. The molecule has 0 aromatic carbocycles. The second-order valence-electron chi connectivity index (χ2n) is 21.0. The monoisotopic (exact) mass is 1060 g/mol. The van der Waals surface area contributed by atoms with Crippen molar-refractivity contribution in [2.75, 3.05) is 40.9 Å². The van der Waals surface area contributed by atoms with Crippen LogP contribution in [0.3, 0.4) is 0 Å². The van der Waals surface area contributed by atoms with Gasteiger partial charge in [-0.25, -0.2) is 4.57 Å². The van der Waals surface area contributed by atoms with E-state index >= 15 is 0 Å². The van der Waals surface area contributed by atoms with Crippen LogP contribution < -0.4 is 5.32 Å². The van der Waals surface area contributed by atoms with Crippen LogP contribution in [0.5, 0.6) is 0 Å². The Bertz CT molecular complexity index is 1680. The van der Waals surface area contributed by atoms with Gasteiger partial charge in [0.15, 0.2) is 0 Å². The van der Waals surface area contributed by atoms with Gasteiger partial charge in [-0.05, 0) is 96.3 Å². The maximum absolute atomic E-state index is 13.0. The third-order valence-electron chi connectivity index (χ3n) is 12.6. The first-order valence-corrected chi connectivity index (χ1v) is 31.6. The number of quaternary nitrogens is 1. The Morgan fingerprint density at radius 1 is 0.467 bits per heavy atom. The molecule has 0 saturated heterocycles. The van der Waals surface area contributed by atoms with Gasteiger partial charge in [0.2, 0.25) is 5.91 Å². The lowest BCUT2D eigenvalue weighted by molar-refractivity contribution is -0.870. The summed E-state index contributed by atoms with van der Waals surface area (Å²) in [6.45, 7) is 4.68. The second kappa shape index (κ2) is 55.4. The van der Waals surface area contributed by atoms with E-state index in [9.17, 15) is 19.4 Å². The number of aliphatic hydroxyl groups excluding tert-OH is 1. The zero-order valence-corrected chi connectivity index (χ0v) is 49.6. The summed E-state index contributed by atoms with van der Waals surface area (Å²) < 4.78 is 23.7. The fourth-order valence-electron chi connectivity index (χ4n) is 7.95. The van der Waals surface area contributed by atoms with Crippen molar-refractivity contribution in [3.63, 3.8) is 0 Å². The summed E-state index contributed by atoms with van der Waals surface area (Å²) in [5.41, 5.74) is 0. The number of carbonyl (C=O) groups excluding carboxylic acids is 1. The molecule has 0 heterocycles. The number of allylic oxidation sites excluding steroid dienone is 21. The van der Waals surface area contributed by atoms with Crippen LogP contribution in [-0.4, -0.2) is 73.4 Å². The van der Waals surface area contributed by atoms with Crippen molar-refractivity contribution in [3.05, 3.63) is 134 Å². The first kappa shape index (κ1) is 71.6. The molecule has 0 rings (SSSR count). The number of nitrogens with one attached hydrogen (secondary N) is 1. The van der Waals surface area contributed by atoms with E-state index in [-0.39, 0.29) is 19.1 Å². The predicted octanol–water partition coefficient (Wildman–Crippen LogP) is 18.7. The van der Waals surface area contributed by atoms with Gasteiger partial charge in [0.25, 0.3) is 0 Å². The molecular formula is C66H114N2O6P+. The van der Waals surface area contributed by atoms with Gasteiger partial charge >= 0.3 is 7.82 Å². The molecule has 0 saturated carbocycles. The maximum Gasteiger partial charge on any atom is 0.472 e.